The fraction of sp³-hybridized carbons (Fsp3) is 0.263. The number of hydrogen-bond acceptors (Lipinski definition) is 4. The first-order valence-electron chi connectivity index (χ1n) is 8.64. The van der Waals surface area contributed by atoms with Gasteiger partial charge in [-0.25, -0.2) is 17.8 Å². The molecule has 1 N–H and O–H groups in total. The highest BCUT2D eigenvalue weighted by Crippen LogP contribution is 2.21. The molecule has 0 amide bonds. The second-order valence-corrected chi connectivity index (χ2v) is 8.43. The zero-order valence-corrected chi connectivity index (χ0v) is 16.7. The second kappa shape index (κ2) is 8.10. The van der Waals surface area contributed by atoms with Gasteiger partial charge in [0.25, 0.3) is 16.0 Å². The van der Waals surface area contributed by atoms with Crippen molar-refractivity contribution >= 4 is 27.6 Å². The Balaban J connectivity index is 1.73. The number of aromatic nitrogens is 3. The van der Waals surface area contributed by atoms with Crippen LogP contribution in [-0.4, -0.2) is 23.2 Å². The average Bonchev–Trinajstić information content (AvgIpc) is 3.09. The fourth-order valence-electron chi connectivity index (χ4n) is 2.61. The van der Waals surface area contributed by atoms with E-state index in [0.29, 0.717) is 17.5 Å². The Morgan fingerprint density at radius 1 is 1.15 bits per heavy atom. The molecule has 3 rings (SSSR count). The normalized spacial score (nSPS) is 12.7. The van der Waals surface area contributed by atoms with Crippen LogP contribution in [0.15, 0.2) is 59.8 Å². The van der Waals surface area contributed by atoms with E-state index in [1.807, 2.05) is 30.3 Å². The first-order valence-corrected chi connectivity index (χ1v) is 10.5. The smallest absolute Gasteiger partial charge is 0.246 e. The molecule has 0 radical (unpaired) electrons. The molecule has 0 aliphatic heterocycles. The van der Waals surface area contributed by atoms with Crippen molar-refractivity contribution in [3.63, 3.8) is 0 Å². The minimum atomic E-state index is -3.74. The van der Waals surface area contributed by atoms with Crippen LogP contribution in [0.25, 0.3) is 0 Å². The molecule has 1 heterocycles. The summed E-state index contributed by atoms with van der Waals surface area (Å²) in [4.78, 5) is 4.21. The number of nitrogens with one attached hydrogen (secondary N) is 1. The van der Waals surface area contributed by atoms with E-state index in [-0.39, 0.29) is 10.8 Å². The van der Waals surface area contributed by atoms with Crippen LogP contribution in [0, 0.1) is 0 Å². The highest BCUT2D eigenvalue weighted by molar-refractivity contribution is 7.92. The van der Waals surface area contributed by atoms with Gasteiger partial charge in [0, 0.05) is 5.02 Å². The Morgan fingerprint density at radius 2 is 1.85 bits per heavy atom. The molecule has 142 valence electrons. The average molecular weight is 405 g/mol. The first-order chi connectivity index (χ1) is 12.9. The van der Waals surface area contributed by atoms with Crippen LogP contribution in [-0.2, 0) is 16.6 Å². The Morgan fingerprint density at radius 3 is 2.52 bits per heavy atom. The maximum absolute atomic E-state index is 12.6. The van der Waals surface area contributed by atoms with Crippen LogP contribution in [0.5, 0.6) is 0 Å². The summed E-state index contributed by atoms with van der Waals surface area (Å²) in [6.45, 7) is 4.61. The van der Waals surface area contributed by atoms with Crippen LogP contribution in [0.4, 0.5) is 5.95 Å². The summed E-state index contributed by atoms with van der Waals surface area (Å²) in [6.07, 6.45) is 2.46. The fourth-order valence-corrected chi connectivity index (χ4v) is 3.75. The van der Waals surface area contributed by atoms with Gasteiger partial charge in [-0.1, -0.05) is 55.8 Å². The first kappa shape index (κ1) is 19.4. The lowest BCUT2D eigenvalue weighted by molar-refractivity contribution is 0.600. The van der Waals surface area contributed by atoms with Gasteiger partial charge < -0.3 is 0 Å². The molecule has 0 spiro atoms. The lowest BCUT2D eigenvalue weighted by atomic mass is 9.99. The quantitative estimate of drug-likeness (QED) is 0.637. The third-order valence-corrected chi connectivity index (χ3v) is 6.14. The van der Waals surface area contributed by atoms with Gasteiger partial charge >= 0.3 is 0 Å². The molecule has 6 nitrogen and oxygen atoms in total. The van der Waals surface area contributed by atoms with Crippen molar-refractivity contribution in [1.29, 1.82) is 0 Å². The molecular formula is C19H21ClN4O2S. The van der Waals surface area contributed by atoms with E-state index in [9.17, 15) is 8.42 Å². The van der Waals surface area contributed by atoms with E-state index < -0.39 is 10.0 Å². The van der Waals surface area contributed by atoms with Crippen molar-refractivity contribution < 1.29 is 8.42 Å². The van der Waals surface area contributed by atoms with Crippen molar-refractivity contribution in [2.45, 2.75) is 37.6 Å². The van der Waals surface area contributed by atoms with E-state index >= 15 is 0 Å². The highest BCUT2D eigenvalue weighted by atomic mass is 35.5. The lowest BCUT2D eigenvalue weighted by Crippen LogP contribution is -2.14. The third kappa shape index (κ3) is 4.67. The minimum absolute atomic E-state index is 0.0213. The van der Waals surface area contributed by atoms with E-state index in [0.717, 1.165) is 17.5 Å². The Labute approximate surface area is 164 Å². The largest absolute Gasteiger partial charge is 0.264 e. The summed E-state index contributed by atoms with van der Waals surface area (Å²) in [5, 5.41) is 4.79. The van der Waals surface area contributed by atoms with Crippen LogP contribution < -0.4 is 4.72 Å². The molecule has 0 aliphatic carbocycles. The Kier molecular flexibility index (Phi) is 5.82. The number of sulfonamides is 1. The zero-order valence-electron chi connectivity index (χ0n) is 15.1. The number of rotatable bonds is 7. The van der Waals surface area contributed by atoms with Crippen LogP contribution in [0.2, 0.25) is 5.02 Å². The van der Waals surface area contributed by atoms with Crippen molar-refractivity contribution in [2.75, 3.05) is 4.72 Å². The molecule has 0 saturated heterocycles. The number of hydrogen-bond donors (Lipinski definition) is 1. The molecule has 0 saturated carbocycles. The van der Waals surface area contributed by atoms with Crippen molar-refractivity contribution in [1.82, 2.24) is 14.8 Å². The zero-order chi connectivity index (χ0) is 19.4. The molecule has 2 aromatic carbocycles. The molecule has 27 heavy (non-hydrogen) atoms. The summed E-state index contributed by atoms with van der Waals surface area (Å²) in [6, 6.07) is 14.3. The molecule has 0 aliphatic rings. The van der Waals surface area contributed by atoms with Crippen molar-refractivity contribution in [3.05, 3.63) is 71.0 Å². The maximum Gasteiger partial charge on any atom is 0.264 e. The third-order valence-electron chi connectivity index (χ3n) is 4.42. The molecule has 3 aromatic rings. The minimum Gasteiger partial charge on any atom is -0.246 e. The van der Waals surface area contributed by atoms with E-state index in [4.69, 9.17) is 11.6 Å². The predicted molar refractivity (Wildman–Crippen MR) is 107 cm³/mol. The number of benzene rings is 2. The molecule has 8 heteroatoms. The van der Waals surface area contributed by atoms with Gasteiger partial charge in [-0.15, -0.1) is 5.10 Å². The second-order valence-electron chi connectivity index (χ2n) is 6.34. The van der Waals surface area contributed by atoms with Gasteiger partial charge in [0.15, 0.2) is 0 Å². The van der Waals surface area contributed by atoms with E-state index in [2.05, 4.69) is 28.7 Å². The SMILES string of the molecule is CCC(C)c1ccc(S(=O)(=O)Nc2ncn(Cc3ccccc3Cl)n2)cc1. The van der Waals surface area contributed by atoms with Crippen LogP contribution >= 0.6 is 11.6 Å². The topological polar surface area (TPSA) is 76.9 Å². The summed E-state index contributed by atoms with van der Waals surface area (Å²) in [5.74, 6) is 0.407. The number of anilines is 1. The molecule has 1 atom stereocenters. The van der Waals surface area contributed by atoms with E-state index in [1.165, 1.54) is 11.0 Å². The molecular weight excluding hydrogens is 384 g/mol. The van der Waals surface area contributed by atoms with Crippen LogP contribution in [0.3, 0.4) is 0 Å². The van der Waals surface area contributed by atoms with Gasteiger partial charge in [-0.05, 0) is 41.7 Å². The Bertz CT molecular complexity index is 1020. The standard InChI is InChI=1S/C19H21ClN4O2S/c1-3-14(2)15-8-10-17(11-9-15)27(25,26)23-19-21-13-24(22-19)12-16-6-4-5-7-18(16)20/h4-11,13-14H,3,12H2,1-2H3,(H,22,23). The van der Waals surface area contributed by atoms with E-state index in [1.54, 1.807) is 18.2 Å². The van der Waals surface area contributed by atoms with Crippen molar-refractivity contribution in [3.8, 4) is 0 Å². The molecule has 0 bridgehead atoms. The summed E-state index contributed by atoms with van der Waals surface area (Å²) in [7, 11) is -3.74. The summed E-state index contributed by atoms with van der Waals surface area (Å²) < 4.78 is 29.1. The monoisotopic (exact) mass is 404 g/mol. The van der Waals surface area contributed by atoms with Crippen LogP contribution in [0.1, 0.15) is 37.3 Å². The van der Waals surface area contributed by atoms with Crippen molar-refractivity contribution in [2.24, 2.45) is 0 Å². The number of halogens is 1. The molecule has 1 aromatic heterocycles. The maximum atomic E-state index is 12.6. The van der Waals surface area contributed by atoms with Gasteiger partial charge in [0.2, 0.25) is 0 Å². The molecule has 1 unspecified atom stereocenters. The molecule has 0 fully saturated rings. The number of nitrogens with zero attached hydrogens (tertiary/aromatic N) is 3. The summed E-state index contributed by atoms with van der Waals surface area (Å²) >= 11 is 6.14. The van der Waals surface area contributed by atoms with Gasteiger partial charge in [-0.2, -0.15) is 4.98 Å². The Hall–Kier alpha value is -2.38. The summed E-state index contributed by atoms with van der Waals surface area (Å²) in [5.41, 5.74) is 1.98. The highest BCUT2D eigenvalue weighted by Gasteiger charge is 2.17. The van der Waals surface area contributed by atoms with Gasteiger partial charge in [0.1, 0.15) is 6.33 Å². The predicted octanol–water partition coefficient (Wildman–Crippen LogP) is 4.29. The van der Waals surface area contributed by atoms with Gasteiger partial charge in [-0.3, -0.25) is 0 Å². The van der Waals surface area contributed by atoms with Gasteiger partial charge in [0.05, 0.1) is 11.4 Å². The lowest BCUT2D eigenvalue weighted by Gasteiger charge is -2.10.